The molecule has 3 rings (SSSR count). The van der Waals surface area contributed by atoms with E-state index in [0.717, 1.165) is 0 Å². The highest BCUT2D eigenvalue weighted by Crippen LogP contribution is 2.37. The summed E-state index contributed by atoms with van der Waals surface area (Å²) in [6, 6.07) is -1.13. The van der Waals surface area contributed by atoms with Crippen molar-refractivity contribution in [3.8, 4) is 0 Å². The number of Topliss-reactive ketones (excluding diaryl/α,β-unsaturated/α-hetero) is 2. The van der Waals surface area contributed by atoms with Crippen molar-refractivity contribution in [2.45, 2.75) is 147 Å². The van der Waals surface area contributed by atoms with Crippen LogP contribution < -0.4 is 0 Å². The highest BCUT2D eigenvalue weighted by atomic mass is 16.6. The molecule has 0 unspecified atom stereocenters. The summed E-state index contributed by atoms with van der Waals surface area (Å²) >= 11 is 0. The number of piperidine rings is 1. The molecule has 1 saturated carbocycles. The lowest BCUT2D eigenvalue weighted by atomic mass is 9.81. The molecule has 3 fully saturated rings. The molecule has 54 heavy (non-hydrogen) atoms. The first kappa shape index (κ1) is 45.4. The van der Waals surface area contributed by atoms with Crippen LogP contribution in [-0.2, 0) is 38.1 Å². The molecule has 0 bridgehead atoms. The quantitative estimate of drug-likeness (QED) is 0.0941. The Hall–Kier alpha value is -3.00. The van der Waals surface area contributed by atoms with Crippen molar-refractivity contribution in [2.75, 3.05) is 20.8 Å². The van der Waals surface area contributed by atoms with Gasteiger partial charge >= 0.3 is 5.97 Å². The Morgan fingerprint density at radius 3 is 2.33 bits per heavy atom. The van der Waals surface area contributed by atoms with E-state index in [1.165, 1.54) is 12.0 Å². The Labute approximate surface area is 321 Å². The molecule has 3 aliphatic rings. The Morgan fingerprint density at radius 1 is 1.04 bits per heavy atom. The van der Waals surface area contributed by atoms with Gasteiger partial charge in [-0.05, 0) is 89.5 Å². The van der Waals surface area contributed by atoms with Gasteiger partial charge in [-0.1, -0.05) is 44.2 Å². The highest BCUT2D eigenvalue weighted by Gasteiger charge is 2.53. The fourth-order valence-electron chi connectivity index (χ4n) is 8.13. The Kier molecular flexibility index (Phi) is 17.9. The van der Waals surface area contributed by atoms with Crippen LogP contribution in [0.5, 0.6) is 0 Å². The first-order chi connectivity index (χ1) is 25.7. The number of hydrogen-bond donors (Lipinski definition) is 3. The maximum Gasteiger partial charge on any atom is 0.329 e. The lowest BCUT2D eigenvalue weighted by Crippen LogP contribution is -2.61. The normalized spacial score (nSPS) is 30.3. The van der Waals surface area contributed by atoms with E-state index >= 15 is 0 Å². The van der Waals surface area contributed by atoms with Crippen molar-refractivity contribution in [2.24, 2.45) is 23.7 Å². The number of hydrogen-bond acceptors (Lipinski definition) is 11. The minimum absolute atomic E-state index is 0.00644. The van der Waals surface area contributed by atoms with Crippen LogP contribution in [0.4, 0.5) is 0 Å². The maximum absolute atomic E-state index is 14.2. The highest BCUT2D eigenvalue weighted by molar-refractivity contribution is 6.39. The number of likely N-dealkylation sites (tertiary alicyclic amines) is 1. The zero-order chi connectivity index (χ0) is 40.2. The van der Waals surface area contributed by atoms with E-state index in [1.54, 1.807) is 52.2 Å². The topological polar surface area (TPSA) is 169 Å². The lowest BCUT2D eigenvalue weighted by Gasteiger charge is -2.43. The Balaban J connectivity index is 1.89. The molecule has 11 atom stereocenters. The third kappa shape index (κ3) is 11.3. The molecule has 2 aliphatic heterocycles. The van der Waals surface area contributed by atoms with Crippen LogP contribution in [0.1, 0.15) is 98.3 Å². The van der Waals surface area contributed by atoms with Crippen molar-refractivity contribution in [3.63, 3.8) is 0 Å². The van der Waals surface area contributed by atoms with Crippen LogP contribution >= 0.6 is 0 Å². The molecule has 304 valence electrons. The molecule has 2 saturated heterocycles. The van der Waals surface area contributed by atoms with Gasteiger partial charge in [0, 0.05) is 44.9 Å². The fraction of sp³-hybridized carbons (Fsp3) is 0.714. The van der Waals surface area contributed by atoms with Crippen molar-refractivity contribution in [1.29, 1.82) is 0 Å². The lowest BCUT2D eigenvalue weighted by molar-refractivity contribution is -0.273. The molecular formula is C42H65NO11. The van der Waals surface area contributed by atoms with Gasteiger partial charge in [-0.15, -0.1) is 13.2 Å². The number of aliphatic hydroxyl groups excluding tert-OH is 2. The number of amides is 1. The number of carbonyl (C=O) groups excluding carboxylic acids is 4. The van der Waals surface area contributed by atoms with Crippen LogP contribution in [-0.4, -0.2) is 113 Å². The summed E-state index contributed by atoms with van der Waals surface area (Å²) in [4.78, 5) is 56.5. The van der Waals surface area contributed by atoms with E-state index in [1.807, 2.05) is 13.0 Å². The standard InChI is InChI=1S/C42H65NO11/c1-9-14-30(15-10-2)34(46)25-33(45)28(6)38(26(4)23-29-19-20-32(44)37(24-29)52-8)53-41(49)31-17-12-13-22-43(31)40(48)39(47)42(50)27(5)18-21-36(54-42)35(51-7)16-11-3/h9-11,16,23,27-33,35-38,44-45,50H,1-2,12-15,17-22,24-25H2,3-8H3/b16-11-,26-23+/t27-,28-,29+,31+,32-,33+,35+,36+,37-,38-,42-/m1/s1. The van der Waals surface area contributed by atoms with Gasteiger partial charge in [0.2, 0.25) is 5.79 Å². The van der Waals surface area contributed by atoms with Gasteiger partial charge in [0.25, 0.3) is 11.7 Å². The summed E-state index contributed by atoms with van der Waals surface area (Å²) in [6.45, 7) is 14.6. The molecule has 1 amide bonds. The average Bonchev–Trinajstić information content (AvgIpc) is 3.16. The van der Waals surface area contributed by atoms with Gasteiger partial charge in [0.05, 0.1) is 24.4 Å². The second-order valence-electron chi connectivity index (χ2n) is 15.4. The van der Waals surface area contributed by atoms with E-state index in [4.69, 9.17) is 18.9 Å². The second-order valence-corrected chi connectivity index (χ2v) is 15.4. The van der Waals surface area contributed by atoms with Crippen LogP contribution in [0.25, 0.3) is 0 Å². The molecule has 0 aromatic rings. The van der Waals surface area contributed by atoms with Crippen LogP contribution in [0.2, 0.25) is 0 Å². The summed E-state index contributed by atoms with van der Waals surface area (Å²) < 4.78 is 23.2. The molecule has 12 nitrogen and oxygen atoms in total. The molecular weight excluding hydrogens is 694 g/mol. The Morgan fingerprint density at radius 2 is 1.72 bits per heavy atom. The van der Waals surface area contributed by atoms with Gasteiger partial charge in [0.15, 0.2) is 0 Å². The Bertz CT molecular complexity index is 1350. The van der Waals surface area contributed by atoms with E-state index in [2.05, 4.69) is 13.2 Å². The SMILES string of the molecule is C=CCC(CC=C)C(=O)C[C@H](O)[C@@H](C)[C@H](OC(=O)[C@@H]1CCCCN1C(=O)C(=O)[C@]1(O)O[C@H]([C@H](/C=C\C)OC)CC[C@H]1C)/C(C)=C/[C@@H]1CC[C@@H](O)[C@H](OC)C1. The van der Waals surface area contributed by atoms with E-state index < -0.39 is 71.8 Å². The van der Waals surface area contributed by atoms with Gasteiger partial charge < -0.3 is 39.2 Å². The number of nitrogens with zero attached hydrogens (tertiary/aromatic N) is 1. The zero-order valence-corrected chi connectivity index (χ0v) is 33.2. The van der Waals surface area contributed by atoms with Crippen LogP contribution in [0.3, 0.4) is 0 Å². The second kappa shape index (κ2) is 21.3. The molecule has 2 heterocycles. The van der Waals surface area contributed by atoms with E-state index in [-0.39, 0.29) is 43.1 Å². The van der Waals surface area contributed by atoms with Crippen molar-refractivity contribution in [1.82, 2.24) is 4.90 Å². The largest absolute Gasteiger partial charge is 0.456 e. The van der Waals surface area contributed by atoms with Crippen LogP contribution in [0.15, 0.2) is 49.1 Å². The van der Waals surface area contributed by atoms with Crippen molar-refractivity contribution < 1.29 is 53.4 Å². The van der Waals surface area contributed by atoms with Gasteiger partial charge in [-0.25, -0.2) is 4.79 Å². The maximum atomic E-state index is 14.2. The number of aliphatic hydroxyl groups is 3. The van der Waals surface area contributed by atoms with E-state index in [0.29, 0.717) is 63.4 Å². The first-order valence-corrected chi connectivity index (χ1v) is 19.6. The summed E-state index contributed by atoms with van der Waals surface area (Å²) in [7, 11) is 3.06. The smallest absolute Gasteiger partial charge is 0.329 e. The summed E-state index contributed by atoms with van der Waals surface area (Å²) in [5, 5.41) is 33.5. The number of ketones is 2. The molecule has 1 aliphatic carbocycles. The molecule has 0 spiro atoms. The summed E-state index contributed by atoms with van der Waals surface area (Å²) in [5.41, 5.74) is 0.649. The van der Waals surface area contributed by atoms with E-state index in [9.17, 15) is 34.5 Å². The third-order valence-electron chi connectivity index (χ3n) is 11.6. The third-order valence-corrected chi connectivity index (χ3v) is 11.6. The number of rotatable bonds is 19. The minimum Gasteiger partial charge on any atom is -0.456 e. The fourth-order valence-corrected chi connectivity index (χ4v) is 8.13. The number of esters is 1. The molecule has 12 heteroatoms. The average molecular weight is 760 g/mol. The number of allylic oxidation sites excluding steroid dienone is 4. The monoisotopic (exact) mass is 759 g/mol. The van der Waals surface area contributed by atoms with Gasteiger partial charge in [-0.3, -0.25) is 14.4 Å². The van der Waals surface area contributed by atoms with Crippen molar-refractivity contribution >= 4 is 23.4 Å². The van der Waals surface area contributed by atoms with Crippen molar-refractivity contribution in [3.05, 3.63) is 49.1 Å². The molecule has 3 N–H and O–H groups in total. The number of carbonyl (C=O) groups is 4. The minimum atomic E-state index is -2.42. The first-order valence-electron chi connectivity index (χ1n) is 19.6. The zero-order valence-electron chi connectivity index (χ0n) is 33.2. The number of methoxy groups -OCH3 is 2. The molecule has 0 aromatic heterocycles. The summed E-state index contributed by atoms with van der Waals surface area (Å²) in [5.74, 6) is -7.32. The van der Waals surface area contributed by atoms with Crippen LogP contribution in [0, 0.1) is 23.7 Å². The molecule has 0 radical (unpaired) electrons. The predicted molar refractivity (Wildman–Crippen MR) is 204 cm³/mol. The predicted octanol–water partition coefficient (Wildman–Crippen LogP) is 4.79. The van der Waals surface area contributed by atoms with Gasteiger partial charge in [-0.2, -0.15) is 0 Å². The number of ether oxygens (including phenoxy) is 4. The van der Waals surface area contributed by atoms with Gasteiger partial charge in [0.1, 0.15) is 24.0 Å². The summed E-state index contributed by atoms with van der Waals surface area (Å²) in [6.07, 6.45) is 9.27. The molecule has 0 aromatic carbocycles.